The molecule has 104 valence electrons. The topological polar surface area (TPSA) is 38.9 Å². The molecule has 19 heavy (non-hydrogen) atoms. The van der Waals surface area contributed by atoms with Crippen LogP contribution in [-0.4, -0.2) is 4.98 Å². The van der Waals surface area contributed by atoms with Crippen LogP contribution in [0.15, 0.2) is 16.5 Å². The van der Waals surface area contributed by atoms with E-state index in [0.717, 1.165) is 9.86 Å². The lowest BCUT2D eigenvalue weighted by Crippen LogP contribution is -2.22. The van der Waals surface area contributed by atoms with Crippen LogP contribution >= 0.6 is 23.3 Å². The van der Waals surface area contributed by atoms with Crippen molar-refractivity contribution in [2.75, 3.05) is 0 Å². The molecule has 2 N–H and O–H groups in total. The van der Waals surface area contributed by atoms with E-state index in [9.17, 15) is 0 Å². The highest BCUT2D eigenvalue weighted by Crippen LogP contribution is 2.40. The van der Waals surface area contributed by atoms with Gasteiger partial charge in [0.2, 0.25) is 0 Å². The summed E-state index contributed by atoms with van der Waals surface area (Å²) in [5.74, 6) is 0. The molecule has 1 aromatic heterocycles. The number of aromatic nitrogens is 1. The molecule has 1 aromatic carbocycles. The van der Waals surface area contributed by atoms with Gasteiger partial charge in [0.05, 0.1) is 10.2 Å². The maximum absolute atomic E-state index is 5.66. The third-order valence-electron chi connectivity index (χ3n) is 3.20. The first-order valence-corrected chi connectivity index (χ1v) is 8.15. The van der Waals surface area contributed by atoms with Gasteiger partial charge in [0.25, 0.3) is 0 Å². The second kappa shape index (κ2) is 4.76. The van der Waals surface area contributed by atoms with E-state index in [1.165, 1.54) is 27.8 Å². The summed E-state index contributed by atoms with van der Waals surface area (Å²) in [6.07, 6.45) is 0. The zero-order valence-corrected chi connectivity index (χ0v) is 14.1. The molecule has 0 fully saturated rings. The van der Waals surface area contributed by atoms with Gasteiger partial charge < -0.3 is 0 Å². The molecular formula is C15H22N2S2. The Balaban J connectivity index is 2.84. The molecule has 0 aliphatic heterocycles. The van der Waals surface area contributed by atoms with Crippen LogP contribution in [0, 0.1) is 0 Å². The molecule has 0 atom stereocenters. The first-order valence-electron chi connectivity index (χ1n) is 6.46. The molecule has 0 saturated heterocycles. The fourth-order valence-electron chi connectivity index (χ4n) is 2.41. The van der Waals surface area contributed by atoms with Gasteiger partial charge in [-0.25, -0.2) is 4.98 Å². The largest absolute Gasteiger partial charge is 0.272 e. The minimum absolute atomic E-state index is 0.0761. The molecule has 0 aliphatic rings. The number of thiazole rings is 1. The molecule has 0 bridgehead atoms. The maximum Gasteiger partial charge on any atom is 0.165 e. The molecule has 2 aromatic rings. The second-order valence-electron chi connectivity index (χ2n) is 6.93. The molecule has 4 heteroatoms. The van der Waals surface area contributed by atoms with E-state index in [-0.39, 0.29) is 10.8 Å². The van der Waals surface area contributed by atoms with Gasteiger partial charge in [0.1, 0.15) is 0 Å². The Labute approximate surface area is 123 Å². The molecule has 0 spiro atoms. The molecule has 0 amide bonds. The number of benzene rings is 1. The Morgan fingerprint density at radius 2 is 1.68 bits per heavy atom. The normalized spacial score (nSPS) is 13.2. The van der Waals surface area contributed by atoms with Crippen LogP contribution in [-0.2, 0) is 10.8 Å². The van der Waals surface area contributed by atoms with Crippen LogP contribution in [0.2, 0.25) is 0 Å². The van der Waals surface area contributed by atoms with Gasteiger partial charge in [-0.2, -0.15) is 0 Å². The average molecular weight is 294 g/mol. The zero-order valence-electron chi connectivity index (χ0n) is 12.5. The van der Waals surface area contributed by atoms with E-state index in [2.05, 4.69) is 53.7 Å². The van der Waals surface area contributed by atoms with Crippen molar-refractivity contribution in [3.05, 3.63) is 23.3 Å². The van der Waals surface area contributed by atoms with E-state index < -0.39 is 0 Å². The second-order valence-corrected chi connectivity index (χ2v) is 8.84. The number of rotatable bonds is 1. The third kappa shape index (κ3) is 2.81. The van der Waals surface area contributed by atoms with E-state index in [1.54, 1.807) is 11.3 Å². The molecule has 1 heterocycles. The lowest BCUT2D eigenvalue weighted by molar-refractivity contribution is 0.534. The van der Waals surface area contributed by atoms with Crippen LogP contribution in [0.5, 0.6) is 0 Å². The van der Waals surface area contributed by atoms with Gasteiger partial charge in [-0.1, -0.05) is 47.6 Å². The Morgan fingerprint density at radius 3 is 2.16 bits per heavy atom. The van der Waals surface area contributed by atoms with Crippen molar-refractivity contribution in [1.82, 2.24) is 4.98 Å². The third-order valence-corrected chi connectivity index (χ3v) is 4.85. The number of fused-ring (bicyclic) bond motifs is 1. The Hall–Kier alpha value is -0.580. The van der Waals surface area contributed by atoms with Gasteiger partial charge in [-0.15, -0.1) is 11.3 Å². The predicted octanol–water partition coefficient (Wildman–Crippen LogP) is 4.86. The fraction of sp³-hybridized carbons (Fsp3) is 0.533. The predicted molar refractivity (Wildman–Crippen MR) is 87.1 cm³/mol. The molecule has 2 rings (SSSR count). The Morgan fingerprint density at radius 1 is 1.05 bits per heavy atom. The van der Waals surface area contributed by atoms with Crippen molar-refractivity contribution in [2.24, 2.45) is 5.14 Å². The minimum Gasteiger partial charge on any atom is -0.272 e. The van der Waals surface area contributed by atoms with Crippen LogP contribution in [0.3, 0.4) is 0 Å². The molecular weight excluding hydrogens is 272 g/mol. The highest BCUT2D eigenvalue weighted by molar-refractivity contribution is 7.99. The molecule has 0 saturated carbocycles. The first kappa shape index (κ1) is 14.8. The molecule has 0 unspecified atom stereocenters. The highest BCUT2D eigenvalue weighted by Gasteiger charge is 2.28. The summed E-state index contributed by atoms with van der Waals surface area (Å²) < 4.78 is 2.16. The lowest BCUT2D eigenvalue weighted by Gasteiger charge is -2.30. The van der Waals surface area contributed by atoms with Crippen molar-refractivity contribution in [3.8, 4) is 0 Å². The van der Waals surface area contributed by atoms with Crippen LogP contribution in [0.4, 0.5) is 0 Å². The highest BCUT2D eigenvalue weighted by atomic mass is 32.2. The van der Waals surface area contributed by atoms with Crippen LogP contribution in [0.1, 0.15) is 52.7 Å². The Kier molecular flexibility index (Phi) is 3.71. The van der Waals surface area contributed by atoms with E-state index in [1.807, 2.05) is 0 Å². The van der Waals surface area contributed by atoms with Gasteiger partial charge in [0, 0.05) is 0 Å². The number of hydrogen-bond donors (Lipinski definition) is 1. The number of hydrogen-bond acceptors (Lipinski definition) is 4. The van der Waals surface area contributed by atoms with Gasteiger partial charge in [0.15, 0.2) is 4.34 Å². The fourth-order valence-corrected chi connectivity index (χ4v) is 3.72. The molecule has 0 radical (unpaired) electrons. The number of nitrogens with zero attached hydrogens (tertiary/aromatic N) is 1. The van der Waals surface area contributed by atoms with E-state index >= 15 is 0 Å². The van der Waals surface area contributed by atoms with E-state index in [0.29, 0.717) is 0 Å². The summed E-state index contributed by atoms with van der Waals surface area (Å²) >= 11 is 2.91. The monoisotopic (exact) mass is 294 g/mol. The quantitative estimate of drug-likeness (QED) is 0.764. The SMILES string of the molecule is CC(C)(C)c1ccc2sc(SN)nc2c1C(C)(C)C. The Bertz CT molecular complexity index is 601. The zero-order chi connectivity index (χ0) is 14.4. The minimum atomic E-state index is 0.0761. The van der Waals surface area contributed by atoms with Crippen molar-refractivity contribution in [1.29, 1.82) is 0 Å². The van der Waals surface area contributed by atoms with Crippen molar-refractivity contribution < 1.29 is 0 Å². The van der Waals surface area contributed by atoms with Crippen LogP contribution in [0.25, 0.3) is 10.2 Å². The van der Waals surface area contributed by atoms with Crippen molar-refractivity contribution in [3.63, 3.8) is 0 Å². The molecule has 0 aliphatic carbocycles. The van der Waals surface area contributed by atoms with E-state index in [4.69, 9.17) is 10.1 Å². The first-order chi connectivity index (χ1) is 8.64. The summed E-state index contributed by atoms with van der Waals surface area (Å²) in [5, 5.41) is 5.66. The summed E-state index contributed by atoms with van der Waals surface area (Å²) in [7, 11) is 0. The van der Waals surface area contributed by atoms with Gasteiger partial charge >= 0.3 is 0 Å². The maximum atomic E-state index is 5.66. The van der Waals surface area contributed by atoms with Crippen LogP contribution < -0.4 is 5.14 Å². The van der Waals surface area contributed by atoms with Crippen molar-refractivity contribution >= 4 is 33.5 Å². The standard InChI is InChI=1S/C15H22N2S2/c1-14(2,3)9-7-8-10-12(11(9)15(4,5)6)17-13(18-10)19-16/h7-8H,16H2,1-6H3. The van der Waals surface area contributed by atoms with Gasteiger partial charge in [-0.3, -0.25) is 5.14 Å². The average Bonchev–Trinajstić information content (AvgIpc) is 2.67. The summed E-state index contributed by atoms with van der Waals surface area (Å²) in [4.78, 5) is 4.73. The smallest absolute Gasteiger partial charge is 0.165 e. The summed E-state index contributed by atoms with van der Waals surface area (Å²) in [6.45, 7) is 13.5. The summed E-state index contributed by atoms with van der Waals surface area (Å²) in [6, 6.07) is 4.44. The lowest BCUT2D eigenvalue weighted by atomic mass is 9.75. The summed E-state index contributed by atoms with van der Waals surface area (Å²) in [5.41, 5.74) is 4.06. The van der Waals surface area contributed by atoms with Crippen molar-refractivity contribution in [2.45, 2.75) is 56.7 Å². The molecule has 2 nitrogen and oxygen atoms in total. The van der Waals surface area contributed by atoms with Gasteiger partial charge in [-0.05, 0) is 40.0 Å². The number of nitrogens with two attached hydrogens (primary N) is 1.